The minimum atomic E-state index is -4.41. The summed E-state index contributed by atoms with van der Waals surface area (Å²) in [5.41, 5.74) is 1.58. The summed E-state index contributed by atoms with van der Waals surface area (Å²) in [6.45, 7) is 1.73. The van der Waals surface area contributed by atoms with Gasteiger partial charge in [-0.2, -0.15) is 13.2 Å². The number of anilines is 1. The van der Waals surface area contributed by atoms with E-state index in [2.05, 4.69) is 10.3 Å². The van der Waals surface area contributed by atoms with Gasteiger partial charge < -0.3 is 4.74 Å². The lowest BCUT2D eigenvalue weighted by Crippen LogP contribution is -2.37. The highest BCUT2D eigenvalue weighted by molar-refractivity contribution is 7.15. The number of thiazole rings is 1. The predicted molar refractivity (Wildman–Crippen MR) is 109 cm³/mol. The van der Waals surface area contributed by atoms with Crippen LogP contribution in [0.15, 0.2) is 48.5 Å². The van der Waals surface area contributed by atoms with Gasteiger partial charge in [-0.25, -0.2) is 9.78 Å². The lowest BCUT2D eigenvalue weighted by atomic mass is 9.98. The van der Waals surface area contributed by atoms with Gasteiger partial charge in [-0.3, -0.25) is 10.1 Å². The van der Waals surface area contributed by atoms with Crippen LogP contribution in [0.5, 0.6) is 0 Å². The van der Waals surface area contributed by atoms with Crippen molar-refractivity contribution in [2.45, 2.75) is 32.0 Å². The first kappa shape index (κ1) is 21.0. The zero-order valence-electron chi connectivity index (χ0n) is 16.3. The molecule has 1 aliphatic heterocycles. The van der Waals surface area contributed by atoms with Crippen molar-refractivity contribution in [2.24, 2.45) is 0 Å². The fourth-order valence-electron chi connectivity index (χ4n) is 3.35. The number of carbonyl (C=O) groups is 2. The molecule has 1 N–H and O–H groups in total. The van der Waals surface area contributed by atoms with E-state index in [9.17, 15) is 22.8 Å². The quantitative estimate of drug-likeness (QED) is 0.586. The first-order chi connectivity index (χ1) is 14.7. The van der Waals surface area contributed by atoms with Crippen molar-refractivity contribution >= 4 is 28.3 Å². The van der Waals surface area contributed by atoms with Crippen molar-refractivity contribution in [3.8, 4) is 0 Å². The summed E-state index contributed by atoms with van der Waals surface area (Å²) in [4.78, 5) is 29.8. The molecule has 0 spiro atoms. The van der Waals surface area contributed by atoms with Crippen LogP contribution in [0.1, 0.15) is 37.6 Å². The zero-order chi connectivity index (χ0) is 22.2. The van der Waals surface area contributed by atoms with Crippen molar-refractivity contribution in [1.82, 2.24) is 4.98 Å². The first-order valence-electron chi connectivity index (χ1n) is 9.43. The molecule has 0 radical (unpaired) electrons. The fraction of sp³-hybridized carbons (Fsp3) is 0.227. The van der Waals surface area contributed by atoms with Crippen LogP contribution in [0.2, 0.25) is 0 Å². The van der Waals surface area contributed by atoms with Crippen molar-refractivity contribution < 1.29 is 27.5 Å². The SMILES string of the molecule is Cc1nc(NC(=O)C2Cc3ccccc3C(=O)O2)sc1Cc1cccc(C(F)(F)F)c1. The summed E-state index contributed by atoms with van der Waals surface area (Å²) in [5.74, 6) is -1.05. The number of hydrogen-bond donors (Lipinski definition) is 1. The van der Waals surface area contributed by atoms with Crippen LogP contribution in [0.4, 0.5) is 18.3 Å². The highest BCUT2D eigenvalue weighted by Gasteiger charge is 2.32. The number of fused-ring (bicyclic) bond motifs is 1. The lowest BCUT2D eigenvalue weighted by molar-refractivity contribution is -0.137. The lowest BCUT2D eigenvalue weighted by Gasteiger charge is -2.23. The van der Waals surface area contributed by atoms with Crippen LogP contribution >= 0.6 is 11.3 Å². The van der Waals surface area contributed by atoms with E-state index in [4.69, 9.17) is 4.74 Å². The highest BCUT2D eigenvalue weighted by Crippen LogP contribution is 2.31. The van der Waals surface area contributed by atoms with Gasteiger partial charge in [-0.1, -0.05) is 36.4 Å². The first-order valence-corrected chi connectivity index (χ1v) is 10.2. The van der Waals surface area contributed by atoms with E-state index in [1.807, 2.05) is 0 Å². The number of aryl methyl sites for hydroxylation is 1. The third-order valence-electron chi connectivity index (χ3n) is 4.93. The number of halogens is 3. The number of nitrogens with zero attached hydrogens (tertiary/aromatic N) is 1. The summed E-state index contributed by atoms with van der Waals surface area (Å²) in [7, 11) is 0. The van der Waals surface area contributed by atoms with Gasteiger partial charge >= 0.3 is 12.1 Å². The van der Waals surface area contributed by atoms with Crippen molar-refractivity contribution in [3.05, 3.63) is 81.4 Å². The maximum atomic E-state index is 12.9. The molecule has 160 valence electrons. The minimum Gasteiger partial charge on any atom is -0.448 e. The minimum absolute atomic E-state index is 0.259. The van der Waals surface area contributed by atoms with Gasteiger partial charge in [0.25, 0.3) is 5.91 Å². The van der Waals surface area contributed by atoms with Crippen LogP contribution in [0.3, 0.4) is 0 Å². The van der Waals surface area contributed by atoms with Crippen molar-refractivity contribution in [3.63, 3.8) is 0 Å². The topological polar surface area (TPSA) is 68.3 Å². The molecule has 0 aliphatic carbocycles. The van der Waals surface area contributed by atoms with Gasteiger partial charge in [0.05, 0.1) is 16.8 Å². The van der Waals surface area contributed by atoms with E-state index >= 15 is 0 Å². The second-order valence-corrected chi connectivity index (χ2v) is 8.23. The Morgan fingerprint density at radius 1 is 1.23 bits per heavy atom. The molecule has 3 aromatic rings. The predicted octanol–water partition coefficient (Wildman–Crippen LogP) is 4.78. The van der Waals surface area contributed by atoms with E-state index in [1.165, 1.54) is 17.4 Å². The monoisotopic (exact) mass is 446 g/mol. The van der Waals surface area contributed by atoms with E-state index in [0.29, 0.717) is 22.0 Å². The molecular formula is C22H17F3N2O3S. The van der Waals surface area contributed by atoms with Gasteiger partial charge in [0.15, 0.2) is 11.2 Å². The molecule has 9 heteroatoms. The summed E-state index contributed by atoms with van der Waals surface area (Å²) in [6.07, 6.45) is -4.86. The average molecular weight is 446 g/mol. The van der Waals surface area contributed by atoms with Gasteiger partial charge in [0.2, 0.25) is 0 Å². The molecule has 2 aromatic carbocycles. The molecule has 4 rings (SSSR count). The smallest absolute Gasteiger partial charge is 0.416 e. The summed E-state index contributed by atoms with van der Waals surface area (Å²) < 4.78 is 44.1. The maximum absolute atomic E-state index is 12.9. The highest BCUT2D eigenvalue weighted by atomic mass is 32.1. The Morgan fingerprint density at radius 3 is 2.77 bits per heavy atom. The molecule has 0 saturated carbocycles. The van der Waals surface area contributed by atoms with E-state index in [1.54, 1.807) is 37.3 Å². The number of nitrogens with one attached hydrogen (secondary N) is 1. The number of cyclic esters (lactones) is 1. The molecule has 0 bridgehead atoms. The number of rotatable bonds is 4. The number of hydrogen-bond acceptors (Lipinski definition) is 5. The zero-order valence-corrected chi connectivity index (χ0v) is 17.1. The molecule has 0 saturated heterocycles. The molecule has 5 nitrogen and oxygen atoms in total. The number of ether oxygens (including phenoxy) is 1. The van der Waals surface area contributed by atoms with Crippen molar-refractivity contribution in [2.75, 3.05) is 5.32 Å². The van der Waals surface area contributed by atoms with E-state index in [0.717, 1.165) is 22.6 Å². The second kappa shape index (κ2) is 8.14. The van der Waals surface area contributed by atoms with Gasteiger partial charge in [-0.15, -0.1) is 11.3 Å². The Kier molecular flexibility index (Phi) is 5.53. The van der Waals surface area contributed by atoms with Crippen LogP contribution < -0.4 is 5.32 Å². The van der Waals surface area contributed by atoms with Crippen LogP contribution in [-0.4, -0.2) is 23.0 Å². The molecule has 1 unspecified atom stereocenters. The molecule has 1 aromatic heterocycles. The van der Waals surface area contributed by atoms with E-state index in [-0.39, 0.29) is 12.8 Å². The maximum Gasteiger partial charge on any atom is 0.416 e. The molecule has 31 heavy (non-hydrogen) atoms. The number of amides is 1. The molecule has 1 amide bonds. The third kappa shape index (κ3) is 4.61. The Bertz CT molecular complexity index is 1160. The second-order valence-electron chi connectivity index (χ2n) is 7.15. The Hall–Kier alpha value is -3.20. The molecule has 1 aliphatic rings. The Labute approximate surface area is 179 Å². The molecular weight excluding hydrogens is 429 g/mol. The van der Waals surface area contributed by atoms with Crippen LogP contribution in [0, 0.1) is 6.92 Å². The molecule has 1 atom stereocenters. The normalized spacial score (nSPS) is 15.9. The average Bonchev–Trinajstić information content (AvgIpc) is 3.06. The Balaban J connectivity index is 1.46. The third-order valence-corrected chi connectivity index (χ3v) is 6.00. The Morgan fingerprint density at radius 2 is 2.00 bits per heavy atom. The number of alkyl halides is 3. The summed E-state index contributed by atoms with van der Waals surface area (Å²) in [5, 5.41) is 2.96. The van der Waals surface area contributed by atoms with Crippen LogP contribution in [0.25, 0.3) is 0 Å². The fourth-order valence-corrected chi connectivity index (χ4v) is 4.35. The standard InChI is InChI=1S/C22H17F3N2O3S/c1-12-18(10-13-5-4-7-15(9-13)22(23,24)25)31-21(26-12)27-19(28)17-11-14-6-2-3-8-16(14)20(29)30-17/h2-9,17H,10-11H2,1H3,(H,26,27,28). The van der Waals surface area contributed by atoms with Crippen molar-refractivity contribution in [1.29, 1.82) is 0 Å². The van der Waals surface area contributed by atoms with Gasteiger partial charge in [-0.05, 0) is 30.2 Å². The van der Waals surface area contributed by atoms with E-state index < -0.39 is 29.7 Å². The number of esters is 1. The van der Waals surface area contributed by atoms with Gasteiger partial charge in [0, 0.05) is 17.7 Å². The van der Waals surface area contributed by atoms with Gasteiger partial charge in [0.1, 0.15) is 0 Å². The molecule has 2 heterocycles. The number of benzene rings is 2. The van der Waals surface area contributed by atoms with Crippen LogP contribution in [-0.2, 0) is 28.5 Å². The summed E-state index contributed by atoms with van der Waals surface area (Å²) in [6, 6.07) is 12.1. The number of aromatic nitrogens is 1. The largest absolute Gasteiger partial charge is 0.448 e. The number of carbonyl (C=O) groups excluding carboxylic acids is 2. The summed E-state index contributed by atoms with van der Waals surface area (Å²) >= 11 is 1.18. The molecule has 0 fully saturated rings.